The number of aryl methyl sites for hydroxylation is 1. The third kappa shape index (κ3) is 3.95. The zero-order valence-electron chi connectivity index (χ0n) is 17.4. The number of hydrogen-bond acceptors (Lipinski definition) is 7. The fraction of sp³-hybridized carbons (Fsp3) is 0.300. The number of nitrogens with two attached hydrogens (primary N) is 1. The van der Waals surface area contributed by atoms with Crippen LogP contribution in [0.15, 0.2) is 61.4 Å². The van der Waals surface area contributed by atoms with Crippen LogP contribution in [0.25, 0.3) is 0 Å². The number of rotatable bonds is 4. The van der Waals surface area contributed by atoms with E-state index in [1.54, 1.807) is 24.5 Å². The average molecular weight is 480 g/mol. The van der Waals surface area contributed by atoms with Gasteiger partial charge in [-0.25, -0.2) is 4.99 Å². The predicted molar refractivity (Wildman–Crippen MR) is 115 cm³/mol. The van der Waals surface area contributed by atoms with Gasteiger partial charge in [-0.2, -0.15) is 23.3 Å². The van der Waals surface area contributed by atoms with Gasteiger partial charge >= 0.3 is 6.18 Å². The molecule has 13 heteroatoms. The Balaban J connectivity index is 1.33. The number of allylic oxidation sites excluding steroid dienone is 1. The highest BCUT2D eigenvalue weighted by atomic mass is 35.5. The Morgan fingerprint density at radius 1 is 1.33 bits per heavy atom. The van der Waals surface area contributed by atoms with Crippen LogP contribution in [-0.4, -0.2) is 50.4 Å². The van der Waals surface area contributed by atoms with Gasteiger partial charge in [-0.15, -0.1) is 5.84 Å². The van der Waals surface area contributed by atoms with E-state index in [0.717, 1.165) is 10.3 Å². The first-order valence-corrected chi connectivity index (χ1v) is 10.4. The van der Waals surface area contributed by atoms with Crippen LogP contribution in [0, 0.1) is 0 Å². The van der Waals surface area contributed by atoms with Gasteiger partial charge in [0.1, 0.15) is 17.1 Å². The molecule has 2 N–H and O–H groups in total. The Labute approximate surface area is 191 Å². The molecule has 33 heavy (non-hydrogen) atoms. The lowest BCUT2D eigenvalue weighted by atomic mass is 10.0. The second-order valence-electron chi connectivity index (χ2n) is 7.84. The summed E-state index contributed by atoms with van der Waals surface area (Å²) >= 11 is 6.09. The Bertz CT molecular complexity index is 1250. The molecule has 0 amide bonds. The largest absolute Gasteiger partial charge is 0.461 e. The topological polar surface area (TPSA) is 97.3 Å². The lowest BCUT2D eigenvalue weighted by Gasteiger charge is -2.27. The molecule has 0 fully saturated rings. The van der Waals surface area contributed by atoms with Crippen molar-refractivity contribution in [2.24, 2.45) is 28.0 Å². The quantitative estimate of drug-likeness (QED) is 0.538. The van der Waals surface area contributed by atoms with Gasteiger partial charge < -0.3 is 4.42 Å². The number of halogens is 4. The monoisotopic (exact) mass is 479 g/mol. The molecule has 0 aromatic carbocycles. The van der Waals surface area contributed by atoms with E-state index >= 15 is 0 Å². The number of furan rings is 1. The summed E-state index contributed by atoms with van der Waals surface area (Å²) in [6.45, 7) is 0.989. The van der Waals surface area contributed by atoms with Crippen molar-refractivity contribution in [2.75, 3.05) is 13.1 Å². The molecular formula is C20H19ClF3N8O+. The fourth-order valence-corrected chi connectivity index (χ4v) is 4.07. The van der Waals surface area contributed by atoms with Crippen molar-refractivity contribution < 1.29 is 22.3 Å². The SMILES string of the molecule is Cn1nc(C(F)(F)F)c(CN2CC=C(C3=C[N+]4(N)N=C(c5ccco5)N=C4C=N3)CC2)c1Cl. The normalized spacial score (nSPS) is 23.2. The van der Waals surface area contributed by atoms with Crippen LogP contribution in [-0.2, 0) is 19.8 Å². The van der Waals surface area contributed by atoms with Crippen molar-refractivity contribution in [1.29, 1.82) is 0 Å². The first kappa shape index (κ1) is 21.8. The van der Waals surface area contributed by atoms with Crippen molar-refractivity contribution in [2.45, 2.75) is 19.1 Å². The smallest absolute Gasteiger partial charge is 0.435 e. The van der Waals surface area contributed by atoms with Crippen LogP contribution in [0.2, 0.25) is 5.15 Å². The molecule has 0 bridgehead atoms. The maximum Gasteiger partial charge on any atom is 0.435 e. The zero-order valence-corrected chi connectivity index (χ0v) is 18.2. The standard InChI is InChI=1S/C20H19ClF3N8O/c1-30-18(21)13(17(28-30)20(22,23)24)10-31-6-4-12(5-7-31)14-11-32(25)16(9-26-14)27-19(29-32)15-3-2-8-33-15/h2-4,8-9,11H,5-7,10,25H2,1H3/q+1. The number of quaternary nitrogens is 1. The second kappa shape index (κ2) is 7.76. The summed E-state index contributed by atoms with van der Waals surface area (Å²) in [6, 6.07) is 3.48. The van der Waals surface area contributed by atoms with E-state index in [1.165, 1.54) is 13.3 Å². The highest BCUT2D eigenvalue weighted by molar-refractivity contribution is 6.31. The highest BCUT2D eigenvalue weighted by Crippen LogP contribution is 2.35. The first-order valence-electron chi connectivity index (χ1n) is 10.0. The lowest BCUT2D eigenvalue weighted by molar-refractivity contribution is -0.803. The van der Waals surface area contributed by atoms with Crippen molar-refractivity contribution in [3.63, 3.8) is 0 Å². The molecule has 2 aromatic heterocycles. The maximum atomic E-state index is 13.3. The molecule has 3 aliphatic rings. The van der Waals surface area contributed by atoms with E-state index in [9.17, 15) is 13.2 Å². The number of aromatic nitrogens is 2. The molecule has 5 heterocycles. The zero-order chi connectivity index (χ0) is 23.4. The van der Waals surface area contributed by atoms with Crippen molar-refractivity contribution in [3.8, 4) is 0 Å². The van der Waals surface area contributed by atoms with Gasteiger partial charge in [-0.3, -0.25) is 9.58 Å². The minimum absolute atomic E-state index is 0.0164. The number of hydrogen-bond donors (Lipinski definition) is 1. The number of fused-ring (bicyclic) bond motifs is 1. The van der Waals surface area contributed by atoms with Crippen molar-refractivity contribution in [1.82, 2.24) is 14.7 Å². The number of nitrogens with zero attached hydrogens (tertiary/aromatic N) is 7. The van der Waals surface area contributed by atoms with Gasteiger partial charge in [0.05, 0.1) is 6.26 Å². The van der Waals surface area contributed by atoms with Crippen LogP contribution in [0.1, 0.15) is 23.4 Å². The Morgan fingerprint density at radius 2 is 2.15 bits per heavy atom. The first-order chi connectivity index (χ1) is 15.6. The average Bonchev–Trinajstić information content (AvgIpc) is 3.47. The minimum Gasteiger partial charge on any atom is -0.461 e. The molecule has 1 unspecified atom stereocenters. The lowest BCUT2D eigenvalue weighted by Crippen LogP contribution is -2.50. The van der Waals surface area contributed by atoms with Crippen LogP contribution >= 0.6 is 11.6 Å². The Kier molecular flexibility index (Phi) is 5.12. The molecule has 5 rings (SSSR count). The summed E-state index contributed by atoms with van der Waals surface area (Å²) in [6.07, 6.45) is 2.71. The van der Waals surface area contributed by atoms with Crippen LogP contribution < -0.4 is 5.84 Å². The molecule has 1 atom stereocenters. The van der Waals surface area contributed by atoms with Gasteiger partial charge in [0.2, 0.25) is 0 Å². The fourth-order valence-electron chi connectivity index (χ4n) is 3.88. The van der Waals surface area contributed by atoms with E-state index < -0.39 is 11.9 Å². The van der Waals surface area contributed by atoms with E-state index in [0.29, 0.717) is 42.6 Å². The summed E-state index contributed by atoms with van der Waals surface area (Å²) in [5.41, 5.74) is 0.600. The molecular weight excluding hydrogens is 461 g/mol. The van der Waals surface area contributed by atoms with Gasteiger partial charge in [0, 0.05) is 32.2 Å². The molecule has 2 aromatic rings. The molecule has 0 aliphatic carbocycles. The van der Waals surface area contributed by atoms with E-state index in [4.69, 9.17) is 21.9 Å². The molecule has 0 radical (unpaired) electrons. The molecule has 172 valence electrons. The Hall–Kier alpha value is -3.06. The summed E-state index contributed by atoms with van der Waals surface area (Å²) < 4.78 is 46.0. The van der Waals surface area contributed by atoms with E-state index in [-0.39, 0.29) is 22.0 Å². The van der Waals surface area contributed by atoms with E-state index in [2.05, 4.69) is 20.2 Å². The molecule has 3 aliphatic heterocycles. The van der Waals surface area contributed by atoms with Crippen LogP contribution in [0.5, 0.6) is 0 Å². The van der Waals surface area contributed by atoms with Crippen molar-refractivity contribution >= 4 is 29.5 Å². The predicted octanol–water partition coefficient (Wildman–Crippen LogP) is 3.21. The summed E-state index contributed by atoms with van der Waals surface area (Å²) in [5, 5.41) is 7.97. The number of amidine groups is 2. The summed E-state index contributed by atoms with van der Waals surface area (Å²) in [7, 11) is 1.39. The summed E-state index contributed by atoms with van der Waals surface area (Å²) in [5.74, 6) is 7.74. The van der Waals surface area contributed by atoms with Crippen LogP contribution in [0.3, 0.4) is 0 Å². The molecule has 9 nitrogen and oxygen atoms in total. The van der Waals surface area contributed by atoms with Crippen LogP contribution in [0.4, 0.5) is 13.2 Å². The van der Waals surface area contributed by atoms with Gasteiger partial charge in [-0.1, -0.05) is 17.7 Å². The second-order valence-corrected chi connectivity index (χ2v) is 8.19. The molecule has 0 saturated heterocycles. The third-order valence-electron chi connectivity index (χ3n) is 5.57. The maximum absolute atomic E-state index is 13.3. The number of alkyl halides is 3. The summed E-state index contributed by atoms with van der Waals surface area (Å²) in [4.78, 5) is 10.7. The number of aliphatic imine (C=N–C) groups is 2. The minimum atomic E-state index is -4.57. The van der Waals surface area contributed by atoms with Gasteiger partial charge in [0.25, 0.3) is 11.7 Å². The third-order valence-corrected chi connectivity index (χ3v) is 6.04. The Morgan fingerprint density at radius 3 is 2.82 bits per heavy atom. The van der Waals surface area contributed by atoms with Gasteiger partial charge in [0.15, 0.2) is 17.7 Å². The molecule has 0 spiro atoms. The van der Waals surface area contributed by atoms with Gasteiger partial charge in [-0.05, 0) is 33.9 Å². The highest BCUT2D eigenvalue weighted by Gasteiger charge is 2.41. The van der Waals surface area contributed by atoms with Crippen molar-refractivity contribution in [3.05, 3.63) is 64.1 Å². The van der Waals surface area contributed by atoms with E-state index in [1.807, 2.05) is 11.0 Å². The molecule has 0 saturated carbocycles.